The standard InChI is InChI=1S/C19H27N3O4S/c1-19(2,3)21-27(24,25)17-11-10-16(26-17)18(23)20-12-14-8-6-7-9-15(14)13-22(4)5/h6-11,21H,12-13H2,1-5H3,(H,20,23). The Labute approximate surface area is 160 Å². The highest BCUT2D eigenvalue weighted by molar-refractivity contribution is 7.89. The summed E-state index contributed by atoms with van der Waals surface area (Å²) < 4.78 is 32.3. The van der Waals surface area contributed by atoms with Gasteiger partial charge in [0.05, 0.1) is 0 Å². The van der Waals surface area contributed by atoms with Crippen molar-refractivity contribution in [1.82, 2.24) is 14.9 Å². The molecule has 0 aliphatic heterocycles. The van der Waals surface area contributed by atoms with Crippen molar-refractivity contribution in [1.29, 1.82) is 0 Å². The Morgan fingerprint density at radius 3 is 2.30 bits per heavy atom. The Morgan fingerprint density at radius 2 is 1.70 bits per heavy atom. The third kappa shape index (κ3) is 6.20. The summed E-state index contributed by atoms with van der Waals surface area (Å²) in [5.74, 6) is -0.513. The third-order valence-corrected chi connectivity index (χ3v) is 5.19. The predicted octanol–water partition coefficient (Wildman–Crippen LogP) is 2.35. The maximum Gasteiger partial charge on any atom is 0.287 e. The summed E-state index contributed by atoms with van der Waals surface area (Å²) in [6, 6.07) is 10.5. The molecule has 1 aromatic carbocycles. The van der Waals surface area contributed by atoms with Crippen LogP contribution in [0.25, 0.3) is 0 Å². The topological polar surface area (TPSA) is 91.7 Å². The molecule has 0 atom stereocenters. The molecule has 2 rings (SSSR count). The van der Waals surface area contributed by atoms with Crippen molar-refractivity contribution >= 4 is 15.9 Å². The maximum absolute atomic E-state index is 12.3. The van der Waals surface area contributed by atoms with Crippen LogP contribution in [-0.4, -0.2) is 38.9 Å². The van der Waals surface area contributed by atoms with Crippen LogP contribution in [0.3, 0.4) is 0 Å². The van der Waals surface area contributed by atoms with Crippen molar-refractivity contribution in [3.63, 3.8) is 0 Å². The van der Waals surface area contributed by atoms with Crippen LogP contribution in [0.15, 0.2) is 45.9 Å². The van der Waals surface area contributed by atoms with Gasteiger partial charge in [-0.3, -0.25) is 4.79 Å². The highest BCUT2D eigenvalue weighted by Crippen LogP contribution is 2.17. The van der Waals surface area contributed by atoms with Crippen molar-refractivity contribution in [3.05, 3.63) is 53.3 Å². The van der Waals surface area contributed by atoms with Crippen molar-refractivity contribution in [3.8, 4) is 0 Å². The molecule has 0 fully saturated rings. The van der Waals surface area contributed by atoms with Gasteiger partial charge in [0.1, 0.15) is 0 Å². The van der Waals surface area contributed by atoms with E-state index in [1.807, 2.05) is 43.3 Å². The average Bonchev–Trinajstić information content (AvgIpc) is 3.02. The SMILES string of the molecule is CN(C)Cc1ccccc1CNC(=O)c1ccc(S(=O)(=O)NC(C)(C)C)o1. The maximum atomic E-state index is 12.3. The van der Waals surface area contributed by atoms with Crippen LogP contribution in [0.2, 0.25) is 0 Å². The van der Waals surface area contributed by atoms with E-state index in [4.69, 9.17) is 4.42 Å². The Morgan fingerprint density at radius 1 is 1.07 bits per heavy atom. The minimum Gasteiger partial charge on any atom is -0.438 e. The monoisotopic (exact) mass is 393 g/mol. The number of carbonyl (C=O) groups is 1. The molecule has 8 heteroatoms. The lowest BCUT2D eigenvalue weighted by Gasteiger charge is -2.19. The molecule has 2 N–H and O–H groups in total. The van der Waals surface area contributed by atoms with Crippen LogP contribution in [0.1, 0.15) is 42.5 Å². The summed E-state index contributed by atoms with van der Waals surface area (Å²) in [4.78, 5) is 14.4. The number of rotatable bonds is 7. The molecule has 0 bridgehead atoms. The van der Waals surface area contributed by atoms with E-state index in [0.717, 1.165) is 17.7 Å². The van der Waals surface area contributed by atoms with Crippen molar-refractivity contribution in [2.45, 2.75) is 44.5 Å². The smallest absolute Gasteiger partial charge is 0.287 e. The Bertz CT molecular complexity index is 896. The van der Waals surface area contributed by atoms with Crippen molar-refractivity contribution < 1.29 is 17.6 Å². The molecule has 0 unspecified atom stereocenters. The van der Waals surface area contributed by atoms with E-state index in [0.29, 0.717) is 6.54 Å². The quantitative estimate of drug-likeness (QED) is 0.753. The zero-order valence-corrected chi connectivity index (χ0v) is 17.2. The second-order valence-electron chi connectivity index (χ2n) is 7.66. The third-order valence-electron chi connectivity index (χ3n) is 3.55. The number of furan rings is 1. The molecule has 0 aliphatic carbocycles. The minimum atomic E-state index is -3.82. The number of carbonyl (C=O) groups excluding carboxylic acids is 1. The van der Waals surface area contributed by atoms with Gasteiger partial charge in [0.2, 0.25) is 5.09 Å². The van der Waals surface area contributed by atoms with E-state index in [9.17, 15) is 13.2 Å². The second-order valence-corrected chi connectivity index (χ2v) is 9.28. The van der Waals surface area contributed by atoms with E-state index in [1.165, 1.54) is 12.1 Å². The first-order valence-corrected chi connectivity index (χ1v) is 10.1. The largest absolute Gasteiger partial charge is 0.438 e. The Kier molecular flexibility index (Phi) is 6.46. The van der Waals surface area contributed by atoms with E-state index in [1.54, 1.807) is 20.8 Å². The number of benzene rings is 1. The molecule has 0 spiro atoms. The number of amides is 1. The van der Waals surface area contributed by atoms with Crippen LogP contribution in [-0.2, 0) is 23.1 Å². The summed E-state index contributed by atoms with van der Waals surface area (Å²) in [6.45, 7) is 6.27. The van der Waals surface area contributed by atoms with Crippen molar-refractivity contribution in [2.24, 2.45) is 0 Å². The first-order valence-electron chi connectivity index (χ1n) is 8.61. The van der Waals surface area contributed by atoms with Gasteiger partial charge in [-0.25, -0.2) is 13.1 Å². The molecule has 0 aliphatic rings. The van der Waals surface area contributed by atoms with Crippen LogP contribution >= 0.6 is 0 Å². The fourth-order valence-electron chi connectivity index (χ4n) is 2.53. The second kappa shape index (κ2) is 8.24. The summed E-state index contributed by atoms with van der Waals surface area (Å²) in [5, 5.41) is 2.49. The highest BCUT2D eigenvalue weighted by Gasteiger charge is 2.26. The van der Waals surface area contributed by atoms with Gasteiger partial charge in [0, 0.05) is 18.6 Å². The Hall–Kier alpha value is -2.16. The summed E-state index contributed by atoms with van der Waals surface area (Å²) >= 11 is 0. The molecule has 0 saturated carbocycles. The zero-order valence-electron chi connectivity index (χ0n) is 16.4. The lowest BCUT2D eigenvalue weighted by molar-refractivity contribution is 0.0917. The molecular weight excluding hydrogens is 366 g/mol. The van der Waals surface area contributed by atoms with Gasteiger partial charge in [-0.15, -0.1) is 0 Å². The molecule has 1 aromatic heterocycles. The molecular formula is C19H27N3O4S. The fourth-order valence-corrected chi connectivity index (χ4v) is 3.88. The van der Waals surface area contributed by atoms with Gasteiger partial charge in [0.15, 0.2) is 5.76 Å². The van der Waals surface area contributed by atoms with E-state index in [-0.39, 0.29) is 10.9 Å². The van der Waals surface area contributed by atoms with Crippen LogP contribution < -0.4 is 10.0 Å². The minimum absolute atomic E-state index is 0.0469. The molecule has 0 saturated heterocycles. The van der Waals surface area contributed by atoms with Gasteiger partial charge in [-0.05, 0) is 58.1 Å². The summed E-state index contributed by atoms with van der Waals surface area (Å²) in [6.07, 6.45) is 0. The molecule has 0 radical (unpaired) electrons. The van der Waals surface area contributed by atoms with Crippen LogP contribution in [0.4, 0.5) is 0 Å². The average molecular weight is 394 g/mol. The molecule has 2 aromatic rings. The number of nitrogens with zero attached hydrogens (tertiary/aromatic N) is 1. The zero-order chi connectivity index (χ0) is 20.2. The molecule has 7 nitrogen and oxygen atoms in total. The fraction of sp³-hybridized carbons (Fsp3) is 0.421. The number of nitrogens with one attached hydrogen (secondary N) is 2. The van der Waals surface area contributed by atoms with E-state index < -0.39 is 21.5 Å². The molecule has 1 amide bonds. The summed E-state index contributed by atoms with van der Waals surface area (Å²) in [5.41, 5.74) is 1.46. The van der Waals surface area contributed by atoms with Gasteiger partial charge < -0.3 is 14.6 Å². The lowest BCUT2D eigenvalue weighted by atomic mass is 10.1. The number of hydrogen-bond acceptors (Lipinski definition) is 5. The van der Waals surface area contributed by atoms with Gasteiger partial charge in [-0.2, -0.15) is 0 Å². The highest BCUT2D eigenvalue weighted by atomic mass is 32.2. The summed E-state index contributed by atoms with van der Waals surface area (Å²) in [7, 11) is 0.136. The molecule has 1 heterocycles. The van der Waals surface area contributed by atoms with Crippen LogP contribution in [0.5, 0.6) is 0 Å². The first kappa shape index (κ1) is 21.1. The first-order chi connectivity index (χ1) is 12.5. The Balaban J connectivity index is 2.07. The molecule has 148 valence electrons. The predicted molar refractivity (Wildman–Crippen MR) is 104 cm³/mol. The molecule has 27 heavy (non-hydrogen) atoms. The van der Waals surface area contributed by atoms with Gasteiger partial charge in [0.25, 0.3) is 15.9 Å². The van der Waals surface area contributed by atoms with E-state index in [2.05, 4.69) is 10.0 Å². The van der Waals surface area contributed by atoms with E-state index >= 15 is 0 Å². The lowest BCUT2D eigenvalue weighted by Crippen LogP contribution is -2.40. The van der Waals surface area contributed by atoms with Gasteiger partial charge in [-0.1, -0.05) is 24.3 Å². The number of sulfonamides is 1. The van der Waals surface area contributed by atoms with Crippen LogP contribution in [0, 0.1) is 0 Å². The van der Waals surface area contributed by atoms with Gasteiger partial charge >= 0.3 is 0 Å². The number of hydrogen-bond donors (Lipinski definition) is 2. The van der Waals surface area contributed by atoms with Crippen molar-refractivity contribution in [2.75, 3.05) is 14.1 Å². The normalized spacial score (nSPS) is 12.4.